The van der Waals surface area contributed by atoms with Gasteiger partial charge in [-0.2, -0.15) is 16.8 Å². The Morgan fingerprint density at radius 1 is 0.667 bits per heavy atom. The molecular weight excluding hydrogens is 417 g/mol. The molecule has 2 rings (SSSR count). The average molecular weight is 427 g/mol. The van der Waals surface area contributed by atoms with Crippen molar-refractivity contribution in [2.75, 3.05) is 0 Å². The van der Waals surface area contributed by atoms with Gasteiger partial charge in [0.2, 0.25) is 0 Å². The number of aromatic carboxylic acids is 2. The molecule has 0 bridgehead atoms. The Morgan fingerprint density at radius 2 is 0.926 bits per heavy atom. The van der Waals surface area contributed by atoms with Crippen LogP contribution in [0.4, 0.5) is 0 Å². The summed E-state index contributed by atoms with van der Waals surface area (Å²) in [7, 11) is -9.00. The van der Waals surface area contributed by atoms with E-state index in [0.29, 0.717) is 0 Å². The van der Waals surface area contributed by atoms with Crippen molar-refractivity contribution in [2.45, 2.75) is 9.79 Å². The number of carbonyl (C=O) groups excluding carboxylic acids is 2. The molecule has 0 aliphatic heterocycles. The summed E-state index contributed by atoms with van der Waals surface area (Å²) in [6, 6.07) is 9.32. The summed E-state index contributed by atoms with van der Waals surface area (Å²) in [5, 5.41) is 20.8. The molecule has 0 aromatic heterocycles. The summed E-state index contributed by atoms with van der Waals surface area (Å²) in [5.74, 6) is -3.29. The average Bonchev–Trinajstić information content (AvgIpc) is 2.54. The maximum Gasteiger partial charge on any atom is 2.00 e. The molecule has 13 heteroatoms. The van der Waals surface area contributed by atoms with E-state index in [9.17, 15) is 36.6 Å². The summed E-state index contributed by atoms with van der Waals surface area (Å²) in [5.41, 5.74) is -1.10. The number of carboxylic acids is 2. The quantitative estimate of drug-likeness (QED) is 0.417. The van der Waals surface area contributed by atoms with Crippen LogP contribution in [0.5, 0.6) is 0 Å². The second kappa shape index (κ2) is 9.77. The van der Waals surface area contributed by atoms with Crippen LogP contribution in [0.3, 0.4) is 0 Å². The van der Waals surface area contributed by atoms with E-state index < -0.39 is 53.1 Å². The van der Waals surface area contributed by atoms with Crippen LogP contribution in [0.2, 0.25) is 0 Å². The normalized spacial score (nSPS) is 10.7. The smallest absolute Gasteiger partial charge is 0.545 e. The van der Waals surface area contributed by atoms with Crippen LogP contribution in [-0.2, 0) is 20.2 Å². The van der Waals surface area contributed by atoms with E-state index in [-0.39, 0.29) is 23.1 Å². The molecule has 2 N–H and O–H groups in total. The van der Waals surface area contributed by atoms with Crippen molar-refractivity contribution in [1.29, 1.82) is 0 Å². The number of hydrogen-bond donors (Lipinski definition) is 2. The van der Waals surface area contributed by atoms with Crippen LogP contribution in [0.15, 0.2) is 58.3 Å². The van der Waals surface area contributed by atoms with Gasteiger partial charge >= 0.3 is 23.1 Å². The van der Waals surface area contributed by atoms with Crippen LogP contribution >= 0.6 is 0 Å². The molecule has 0 heterocycles. The molecule has 0 aliphatic carbocycles. The third kappa shape index (κ3) is 7.24. The Labute approximate surface area is 170 Å². The van der Waals surface area contributed by atoms with E-state index in [4.69, 9.17) is 9.11 Å². The van der Waals surface area contributed by atoms with E-state index in [2.05, 4.69) is 0 Å². The van der Waals surface area contributed by atoms with Crippen molar-refractivity contribution in [3.05, 3.63) is 59.7 Å². The maximum absolute atomic E-state index is 10.6. The van der Waals surface area contributed by atoms with Crippen molar-refractivity contribution in [2.24, 2.45) is 0 Å². The molecule has 0 spiro atoms. The zero-order valence-electron chi connectivity index (χ0n) is 13.3. The Balaban J connectivity index is 0.000000483. The van der Waals surface area contributed by atoms with Crippen molar-refractivity contribution >= 4 is 55.2 Å². The molecule has 0 aliphatic rings. The van der Waals surface area contributed by atoms with Gasteiger partial charge in [0.1, 0.15) is 9.79 Å². The molecular formula is C14H10MgO10S2. The zero-order valence-corrected chi connectivity index (χ0v) is 16.4. The fourth-order valence-electron chi connectivity index (χ4n) is 1.72. The molecule has 0 fully saturated rings. The largest absolute Gasteiger partial charge is 2.00 e. The first-order valence-electron chi connectivity index (χ1n) is 6.41. The number of hydrogen-bond acceptors (Lipinski definition) is 8. The third-order valence-electron chi connectivity index (χ3n) is 2.77. The Morgan fingerprint density at radius 3 is 1.11 bits per heavy atom. The first-order chi connectivity index (χ1) is 11.9. The summed E-state index contributed by atoms with van der Waals surface area (Å²) >= 11 is 0. The van der Waals surface area contributed by atoms with Crippen molar-refractivity contribution in [3.63, 3.8) is 0 Å². The van der Waals surface area contributed by atoms with Crippen LogP contribution in [0, 0.1) is 0 Å². The van der Waals surface area contributed by atoms with Crippen molar-refractivity contribution in [1.82, 2.24) is 0 Å². The molecule has 0 amide bonds. The Bertz CT molecular complexity index is 960. The van der Waals surface area contributed by atoms with Gasteiger partial charge in [0.25, 0.3) is 20.2 Å². The minimum atomic E-state index is -4.50. The van der Waals surface area contributed by atoms with Crippen molar-refractivity contribution in [3.8, 4) is 0 Å². The predicted octanol–water partition coefficient (Wildman–Crippen LogP) is -1.79. The molecule has 0 atom stereocenters. The first kappa shape index (κ1) is 25.0. The van der Waals surface area contributed by atoms with Gasteiger partial charge in [0, 0.05) is 11.1 Å². The van der Waals surface area contributed by atoms with Crippen LogP contribution in [0.25, 0.3) is 0 Å². The van der Waals surface area contributed by atoms with E-state index in [1.165, 1.54) is 24.3 Å². The van der Waals surface area contributed by atoms with Crippen LogP contribution in [-0.4, -0.2) is 60.9 Å². The van der Waals surface area contributed by atoms with Gasteiger partial charge in [-0.3, -0.25) is 9.11 Å². The number of benzene rings is 2. The molecule has 0 radical (unpaired) electrons. The van der Waals surface area contributed by atoms with Crippen LogP contribution in [0.1, 0.15) is 20.7 Å². The Kier molecular flexibility index (Phi) is 9.04. The van der Waals surface area contributed by atoms with Crippen LogP contribution < -0.4 is 10.2 Å². The summed E-state index contributed by atoms with van der Waals surface area (Å²) in [4.78, 5) is 19.4. The zero-order chi connectivity index (χ0) is 20.1. The van der Waals surface area contributed by atoms with Gasteiger partial charge < -0.3 is 19.8 Å². The van der Waals surface area contributed by atoms with Gasteiger partial charge in [-0.15, -0.1) is 0 Å². The standard InChI is InChI=1S/2C7H6O5S.Mg/c2*8-7(9)5-3-1-2-4-6(5)13(10,11)12;/h2*1-4H,(H,8,9)(H,10,11,12);/q;;+2/p-2. The molecule has 10 nitrogen and oxygen atoms in total. The fourth-order valence-corrected chi connectivity index (χ4v) is 3.08. The summed E-state index contributed by atoms with van der Waals surface area (Å²) < 4.78 is 59.7. The molecule has 140 valence electrons. The molecule has 27 heavy (non-hydrogen) atoms. The van der Waals surface area contributed by atoms with Gasteiger partial charge in [-0.25, -0.2) is 0 Å². The summed E-state index contributed by atoms with van der Waals surface area (Å²) in [6.45, 7) is 0. The van der Waals surface area contributed by atoms with E-state index in [1.807, 2.05) is 0 Å². The molecule has 2 aromatic carbocycles. The summed E-state index contributed by atoms with van der Waals surface area (Å²) in [6.07, 6.45) is 0. The molecule has 2 aromatic rings. The molecule has 0 saturated carbocycles. The number of carbonyl (C=O) groups is 2. The van der Waals surface area contributed by atoms with Gasteiger partial charge in [0.15, 0.2) is 0 Å². The van der Waals surface area contributed by atoms with E-state index in [1.54, 1.807) is 0 Å². The topological polar surface area (TPSA) is 189 Å². The SMILES string of the molecule is O=C([O-])c1ccccc1S(=O)(=O)O.O=C([O-])c1ccccc1S(=O)(=O)O.[Mg+2]. The van der Waals surface area contributed by atoms with E-state index in [0.717, 1.165) is 24.3 Å². The minimum absolute atomic E-state index is 0. The minimum Gasteiger partial charge on any atom is -0.545 e. The predicted molar refractivity (Wildman–Crippen MR) is 86.9 cm³/mol. The monoisotopic (exact) mass is 426 g/mol. The maximum atomic E-state index is 10.6. The second-order valence-corrected chi connectivity index (χ2v) is 7.30. The van der Waals surface area contributed by atoms with Gasteiger partial charge in [-0.05, 0) is 12.1 Å². The van der Waals surface area contributed by atoms with Gasteiger partial charge in [-0.1, -0.05) is 36.4 Å². The molecule has 0 saturated heterocycles. The number of carboxylic acid groups (broad SMARTS) is 2. The molecule has 0 unspecified atom stereocenters. The first-order valence-corrected chi connectivity index (χ1v) is 9.29. The fraction of sp³-hybridized carbons (Fsp3) is 0. The third-order valence-corrected chi connectivity index (χ3v) is 4.59. The Hall–Kier alpha value is -2.03. The van der Waals surface area contributed by atoms with Gasteiger partial charge in [0.05, 0.1) is 11.9 Å². The second-order valence-electron chi connectivity index (χ2n) is 4.52. The van der Waals surface area contributed by atoms with E-state index >= 15 is 0 Å². The number of rotatable bonds is 4. The van der Waals surface area contributed by atoms with Crippen molar-refractivity contribution < 1.29 is 45.7 Å².